The monoisotopic (exact) mass is 1190 g/mol. The molecule has 496 valence electrons. The number of nitrogens with zero attached hydrogens (tertiary/aromatic N) is 1. The van der Waals surface area contributed by atoms with Crippen LogP contribution in [0.4, 0.5) is 0 Å². The van der Waals surface area contributed by atoms with Crippen molar-refractivity contribution in [1.82, 2.24) is 0 Å². The summed E-state index contributed by atoms with van der Waals surface area (Å²) in [7, 11) is 5.99. The number of carboxylic acid groups (broad SMARTS) is 1. The Kier molecular flexibility index (Phi) is 64.9. The molecule has 0 aliphatic carbocycles. The van der Waals surface area contributed by atoms with E-state index < -0.39 is 18.4 Å². The molecule has 0 aliphatic heterocycles. The molecule has 2 unspecified atom stereocenters. The first-order valence-corrected chi connectivity index (χ1v) is 37.0. The van der Waals surface area contributed by atoms with Gasteiger partial charge in [-0.25, -0.2) is 4.79 Å². The van der Waals surface area contributed by atoms with Crippen molar-refractivity contribution in [3.8, 4) is 0 Å². The molecule has 2 atom stereocenters. The maximum Gasteiger partial charge on any atom is 0.361 e. The van der Waals surface area contributed by atoms with Crippen molar-refractivity contribution in [2.75, 3.05) is 47.5 Å². The first-order chi connectivity index (χ1) is 41.1. The third-order valence-corrected chi connectivity index (χ3v) is 17.0. The topological polar surface area (TPSA) is 108 Å². The average Bonchev–Trinajstić information content (AvgIpc) is 3.52. The van der Waals surface area contributed by atoms with Gasteiger partial charge in [-0.1, -0.05) is 346 Å². The van der Waals surface area contributed by atoms with Crippen molar-refractivity contribution in [3.05, 3.63) is 24.3 Å². The number of hydrogen-bond acceptors (Lipinski definition) is 7. The van der Waals surface area contributed by atoms with Crippen molar-refractivity contribution >= 4 is 17.9 Å². The van der Waals surface area contributed by atoms with Gasteiger partial charge in [-0.05, 0) is 44.9 Å². The van der Waals surface area contributed by atoms with Gasteiger partial charge < -0.3 is 28.5 Å². The van der Waals surface area contributed by atoms with Gasteiger partial charge in [0.05, 0.1) is 34.4 Å². The molecule has 0 saturated heterocycles. The molecule has 9 nitrogen and oxygen atoms in total. The summed E-state index contributed by atoms with van der Waals surface area (Å²) < 4.78 is 23.0. The van der Waals surface area contributed by atoms with Gasteiger partial charge in [-0.3, -0.25) is 9.59 Å². The molecule has 0 aromatic carbocycles. The van der Waals surface area contributed by atoms with Crippen LogP contribution in [0.5, 0.6) is 0 Å². The van der Waals surface area contributed by atoms with Gasteiger partial charge in [-0.2, -0.15) is 0 Å². The van der Waals surface area contributed by atoms with Gasteiger partial charge in [0.15, 0.2) is 6.10 Å². The summed E-state index contributed by atoms with van der Waals surface area (Å²) in [6, 6.07) is 0. The van der Waals surface area contributed by atoms with Crippen LogP contribution in [0, 0.1) is 0 Å². The van der Waals surface area contributed by atoms with Gasteiger partial charge >= 0.3 is 17.9 Å². The molecule has 0 aromatic rings. The minimum atomic E-state index is -1.51. The lowest BCUT2D eigenvalue weighted by atomic mass is 10.0. The van der Waals surface area contributed by atoms with Crippen LogP contribution < -0.4 is 0 Å². The second-order valence-electron chi connectivity index (χ2n) is 26.6. The number of unbranched alkanes of at least 4 members (excludes halogenated alkanes) is 51. The number of rotatable bonds is 70. The molecule has 0 saturated carbocycles. The molecule has 0 amide bonds. The molecule has 9 heteroatoms. The Hall–Kier alpha value is -2.23. The molecule has 0 fully saturated rings. The Morgan fingerprint density at radius 3 is 0.940 bits per heavy atom. The third kappa shape index (κ3) is 67.3. The predicted octanol–water partition coefficient (Wildman–Crippen LogP) is 23.0. The van der Waals surface area contributed by atoms with Gasteiger partial charge in [0.2, 0.25) is 0 Å². The summed E-state index contributed by atoms with van der Waals surface area (Å²) in [6.07, 6.45) is 80.4. The highest BCUT2D eigenvalue weighted by atomic mass is 16.7. The van der Waals surface area contributed by atoms with E-state index in [0.717, 1.165) is 44.9 Å². The SMILES string of the molecule is CCCCCCC/C=C\C/C=C\CCCCCCCCCCCCCCCCCCCCCCCCCCCCCCCC(=O)OC(COC(=O)CCCCCCCCCCCCCCCCCCCC)COC(OCC[N+](C)(C)C)C(=O)O. The maximum atomic E-state index is 12.9. The summed E-state index contributed by atoms with van der Waals surface area (Å²) in [4.78, 5) is 37.6. The molecular weight excluding hydrogens is 1040 g/mol. The largest absolute Gasteiger partial charge is 0.477 e. The highest BCUT2D eigenvalue weighted by Gasteiger charge is 2.25. The summed E-state index contributed by atoms with van der Waals surface area (Å²) in [5, 5.41) is 9.74. The second kappa shape index (κ2) is 66.7. The summed E-state index contributed by atoms with van der Waals surface area (Å²) in [6.45, 7) is 4.94. The Morgan fingerprint density at radius 2 is 0.643 bits per heavy atom. The van der Waals surface area contributed by atoms with E-state index in [9.17, 15) is 19.5 Å². The zero-order valence-corrected chi connectivity index (χ0v) is 56.8. The number of carbonyl (C=O) groups is 3. The van der Waals surface area contributed by atoms with Crippen molar-refractivity contribution in [2.24, 2.45) is 0 Å². The first-order valence-electron chi connectivity index (χ1n) is 37.0. The van der Waals surface area contributed by atoms with Gasteiger partial charge in [0, 0.05) is 12.8 Å². The van der Waals surface area contributed by atoms with Crippen LogP contribution in [0.25, 0.3) is 0 Å². The van der Waals surface area contributed by atoms with E-state index in [4.69, 9.17) is 18.9 Å². The van der Waals surface area contributed by atoms with E-state index in [-0.39, 0.29) is 38.2 Å². The fraction of sp³-hybridized carbons (Fsp3) is 0.907. The Bertz CT molecular complexity index is 1430. The average molecular weight is 1190 g/mol. The van der Waals surface area contributed by atoms with Crippen LogP contribution in [0.3, 0.4) is 0 Å². The highest BCUT2D eigenvalue weighted by Crippen LogP contribution is 2.19. The normalized spacial score (nSPS) is 12.7. The van der Waals surface area contributed by atoms with Crippen LogP contribution >= 0.6 is 0 Å². The van der Waals surface area contributed by atoms with E-state index in [1.54, 1.807) is 0 Å². The minimum absolute atomic E-state index is 0.173. The fourth-order valence-corrected chi connectivity index (χ4v) is 11.3. The van der Waals surface area contributed by atoms with E-state index >= 15 is 0 Å². The van der Waals surface area contributed by atoms with Crippen molar-refractivity contribution in [2.45, 2.75) is 392 Å². The van der Waals surface area contributed by atoms with Gasteiger partial charge in [0.1, 0.15) is 13.2 Å². The van der Waals surface area contributed by atoms with Gasteiger partial charge in [0.25, 0.3) is 6.29 Å². The summed E-state index contributed by atoms with van der Waals surface area (Å²) in [5.41, 5.74) is 0. The van der Waals surface area contributed by atoms with E-state index in [1.165, 1.54) is 308 Å². The van der Waals surface area contributed by atoms with Crippen LogP contribution in [-0.4, -0.2) is 87.4 Å². The molecule has 0 spiro atoms. The van der Waals surface area contributed by atoms with Gasteiger partial charge in [-0.15, -0.1) is 0 Å². The highest BCUT2D eigenvalue weighted by molar-refractivity contribution is 5.71. The Balaban J connectivity index is 3.90. The number of carboxylic acids is 1. The fourth-order valence-electron chi connectivity index (χ4n) is 11.3. The summed E-state index contributed by atoms with van der Waals surface area (Å²) in [5.74, 6) is -1.97. The van der Waals surface area contributed by atoms with Crippen LogP contribution in [0.1, 0.15) is 380 Å². The molecule has 0 heterocycles. The lowest BCUT2D eigenvalue weighted by Crippen LogP contribution is -2.40. The lowest BCUT2D eigenvalue weighted by Gasteiger charge is -2.25. The number of hydrogen-bond donors (Lipinski definition) is 1. The van der Waals surface area contributed by atoms with Crippen molar-refractivity contribution in [3.63, 3.8) is 0 Å². The maximum absolute atomic E-state index is 12.9. The number of quaternary nitrogens is 1. The lowest BCUT2D eigenvalue weighted by molar-refractivity contribution is -0.870. The van der Waals surface area contributed by atoms with E-state index in [0.29, 0.717) is 17.4 Å². The quantitative estimate of drug-likeness (QED) is 0.0211. The van der Waals surface area contributed by atoms with Crippen molar-refractivity contribution in [1.29, 1.82) is 0 Å². The molecule has 0 rings (SSSR count). The van der Waals surface area contributed by atoms with E-state index in [2.05, 4.69) is 38.2 Å². The zero-order chi connectivity index (χ0) is 61.2. The number of ether oxygens (including phenoxy) is 4. The third-order valence-electron chi connectivity index (χ3n) is 17.0. The molecule has 1 N–H and O–H groups in total. The molecular formula is C75H144NO8+. The summed E-state index contributed by atoms with van der Waals surface area (Å²) >= 11 is 0. The predicted molar refractivity (Wildman–Crippen MR) is 360 cm³/mol. The number of allylic oxidation sites excluding steroid dienone is 4. The Labute approximate surface area is 522 Å². The molecule has 0 aliphatic rings. The smallest absolute Gasteiger partial charge is 0.361 e. The number of likely N-dealkylation sites (N-methyl/N-ethyl adjacent to an activating group) is 1. The van der Waals surface area contributed by atoms with Crippen LogP contribution in [-0.2, 0) is 33.3 Å². The van der Waals surface area contributed by atoms with E-state index in [1.807, 2.05) is 21.1 Å². The zero-order valence-electron chi connectivity index (χ0n) is 56.8. The number of carbonyl (C=O) groups excluding carboxylic acids is 2. The minimum Gasteiger partial charge on any atom is -0.477 e. The Morgan fingerprint density at radius 1 is 0.357 bits per heavy atom. The first kappa shape index (κ1) is 81.8. The number of esters is 2. The van der Waals surface area contributed by atoms with Crippen molar-refractivity contribution < 1.29 is 42.9 Å². The molecule has 0 radical (unpaired) electrons. The standard InChI is InChI=1S/C75H143NO8/c1-6-8-10-12-14-16-18-20-22-24-26-27-28-29-30-31-32-33-34-35-36-37-38-39-40-41-42-43-44-45-46-47-48-50-52-54-56-58-60-62-64-66-73(78)84-71(70-83-75(74(79)80)81-68-67-76(3,4)5)69-82-72(77)65-63-61-59-57-55-53-51-49-25-23-21-19-17-15-13-11-9-7-2/h18,20,24,26,71,75H,6-17,19,21-23,25,27-70H2,1-5H3/p+1/b20-18-,26-24-. The molecule has 84 heavy (non-hydrogen) atoms. The molecule has 0 bridgehead atoms. The van der Waals surface area contributed by atoms with Crippen LogP contribution in [0.2, 0.25) is 0 Å². The number of aliphatic carboxylic acids is 1. The van der Waals surface area contributed by atoms with Crippen LogP contribution in [0.15, 0.2) is 24.3 Å². The molecule has 0 aromatic heterocycles. The second-order valence-corrected chi connectivity index (χ2v) is 26.6.